The highest BCUT2D eigenvalue weighted by atomic mass is 79.9. The minimum absolute atomic E-state index is 0.315. The van der Waals surface area contributed by atoms with E-state index in [0.29, 0.717) is 4.83 Å². The van der Waals surface area contributed by atoms with E-state index >= 15 is 0 Å². The van der Waals surface area contributed by atoms with Gasteiger partial charge in [0.15, 0.2) is 0 Å². The molecule has 1 aromatic heterocycles. The molecule has 1 atom stereocenters. The van der Waals surface area contributed by atoms with E-state index in [-0.39, 0.29) is 0 Å². The second kappa shape index (κ2) is 5.48. The highest BCUT2D eigenvalue weighted by molar-refractivity contribution is 9.10. The molecule has 1 aromatic carbocycles. The lowest BCUT2D eigenvalue weighted by atomic mass is 10.1. The van der Waals surface area contributed by atoms with E-state index in [1.54, 1.807) is 0 Å². The van der Waals surface area contributed by atoms with Crippen LogP contribution in [-0.4, -0.2) is 0 Å². The predicted octanol–water partition coefficient (Wildman–Crippen LogP) is 5.56. The minimum Gasteiger partial charge on any atom is -0.147 e. The maximum absolute atomic E-state index is 3.78. The first-order chi connectivity index (χ1) is 7.72. The molecule has 2 aromatic rings. The van der Waals surface area contributed by atoms with Crippen LogP contribution >= 0.6 is 43.2 Å². The smallest absolute Gasteiger partial charge is 0.0740 e. The van der Waals surface area contributed by atoms with E-state index in [2.05, 4.69) is 74.5 Å². The summed E-state index contributed by atoms with van der Waals surface area (Å²) in [4.78, 5) is 1.74. The lowest BCUT2D eigenvalue weighted by Gasteiger charge is -2.10. The van der Waals surface area contributed by atoms with E-state index < -0.39 is 0 Å². The van der Waals surface area contributed by atoms with E-state index in [1.165, 1.54) is 16.0 Å². The molecule has 1 unspecified atom stereocenters. The highest BCUT2D eigenvalue weighted by Gasteiger charge is 2.14. The Morgan fingerprint density at radius 3 is 2.50 bits per heavy atom. The highest BCUT2D eigenvalue weighted by Crippen LogP contribution is 2.36. The fourth-order valence-electron chi connectivity index (χ4n) is 1.64. The van der Waals surface area contributed by atoms with Crippen LogP contribution in [0.4, 0.5) is 0 Å². The maximum Gasteiger partial charge on any atom is 0.0740 e. The van der Waals surface area contributed by atoms with Crippen LogP contribution in [0.1, 0.15) is 27.8 Å². The molecular weight excluding hydrogens is 348 g/mol. The molecule has 0 spiro atoms. The number of hydrogen-bond donors (Lipinski definition) is 0. The van der Waals surface area contributed by atoms with Gasteiger partial charge in [0, 0.05) is 9.35 Å². The van der Waals surface area contributed by atoms with Crippen LogP contribution in [0.2, 0.25) is 0 Å². The normalized spacial score (nSPS) is 12.7. The second-order valence-corrected chi connectivity index (χ2v) is 6.36. The Morgan fingerprint density at radius 1 is 1.19 bits per heavy atom. The first-order valence-electron chi connectivity index (χ1n) is 5.18. The van der Waals surface area contributed by atoms with Crippen LogP contribution in [0.5, 0.6) is 0 Å². The molecule has 3 heteroatoms. The zero-order chi connectivity index (χ0) is 11.5. The van der Waals surface area contributed by atoms with Crippen molar-refractivity contribution in [3.8, 4) is 0 Å². The third kappa shape index (κ3) is 2.58. The quantitative estimate of drug-likeness (QED) is 0.629. The van der Waals surface area contributed by atoms with Crippen LogP contribution in [0.15, 0.2) is 40.2 Å². The summed E-state index contributed by atoms with van der Waals surface area (Å²) in [5.74, 6) is 0. The molecule has 0 aliphatic heterocycles. The first kappa shape index (κ1) is 12.3. The van der Waals surface area contributed by atoms with Crippen molar-refractivity contribution in [2.45, 2.75) is 18.2 Å². The Labute approximate surface area is 117 Å². The number of alkyl halides is 1. The molecule has 1 heterocycles. The molecular formula is C13H12Br2S. The van der Waals surface area contributed by atoms with Crippen molar-refractivity contribution in [1.29, 1.82) is 0 Å². The molecule has 84 valence electrons. The van der Waals surface area contributed by atoms with Gasteiger partial charge in [0.25, 0.3) is 0 Å². The first-order valence-corrected chi connectivity index (χ1v) is 7.77. The average molecular weight is 360 g/mol. The molecule has 16 heavy (non-hydrogen) atoms. The van der Waals surface area contributed by atoms with Crippen molar-refractivity contribution >= 4 is 43.2 Å². The van der Waals surface area contributed by atoms with E-state index in [4.69, 9.17) is 0 Å². The van der Waals surface area contributed by atoms with Crippen molar-refractivity contribution in [1.82, 2.24) is 0 Å². The van der Waals surface area contributed by atoms with Crippen LogP contribution in [-0.2, 0) is 6.42 Å². The zero-order valence-corrected chi connectivity index (χ0v) is 12.9. The Morgan fingerprint density at radius 2 is 1.88 bits per heavy atom. The Kier molecular flexibility index (Phi) is 4.22. The lowest BCUT2D eigenvalue weighted by Crippen LogP contribution is -1.93. The summed E-state index contributed by atoms with van der Waals surface area (Å²) in [7, 11) is 0. The number of hydrogen-bond acceptors (Lipinski definition) is 1. The summed E-state index contributed by atoms with van der Waals surface area (Å²) < 4.78 is 1.12. The van der Waals surface area contributed by atoms with Crippen molar-refractivity contribution in [2.24, 2.45) is 0 Å². The van der Waals surface area contributed by atoms with Crippen molar-refractivity contribution in [3.05, 3.63) is 56.2 Å². The van der Waals surface area contributed by atoms with Gasteiger partial charge >= 0.3 is 0 Å². The van der Waals surface area contributed by atoms with Crippen LogP contribution in [0.25, 0.3) is 0 Å². The van der Waals surface area contributed by atoms with Gasteiger partial charge in [-0.2, -0.15) is 0 Å². The molecule has 0 aliphatic rings. The third-order valence-electron chi connectivity index (χ3n) is 2.55. The molecule has 0 saturated heterocycles. The van der Waals surface area contributed by atoms with E-state index in [9.17, 15) is 0 Å². The lowest BCUT2D eigenvalue weighted by molar-refractivity contribution is 1.09. The van der Waals surface area contributed by atoms with E-state index in [1.807, 2.05) is 11.3 Å². The minimum atomic E-state index is 0.315. The zero-order valence-electron chi connectivity index (χ0n) is 8.91. The summed E-state index contributed by atoms with van der Waals surface area (Å²) in [6, 6.07) is 10.7. The molecule has 0 saturated carbocycles. The Balaban J connectivity index is 2.31. The number of aryl methyl sites for hydroxylation is 1. The van der Waals surface area contributed by atoms with Crippen molar-refractivity contribution in [2.75, 3.05) is 0 Å². The Bertz CT molecular complexity index is 459. The van der Waals surface area contributed by atoms with Crippen molar-refractivity contribution in [3.63, 3.8) is 0 Å². The number of rotatable bonds is 3. The van der Waals surface area contributed by atoms with Gasteiger partial charge in [-0.25, -0.2) is 0 Å². The monoisotopic (exact) mass is 358 g/mol. The molecule has 0 N–H and O–H groups in total. The van der Waals surface area contributed by atoms with Gasteiger partial charge in [-0.15, -0.1) is 11.3 Å². The van der Waals surface area contributed by atoms with Gasteiger partial charge in [-0.05, 0) is 41.1 Å². The van der Waals surface area contributed by atoms with Gasteiger partial charge in [-0.1, -0.05) is 50.9 Å². The van der Waals surface area contributed by atoms with Gasteiger partial charge in [0.05, 0.1) is 4.83 Å². The summed E-state index contributed by atoms with van der Waals surface area (Å²) in [6.07, 6.45) is 1.09. The Hall–Kier alpha value is -0.120. The second-order valence-electron chi connectivity index (χ2n) is 3.58. The maximum atomic E-state index is 3.78. The third-order valence-corrected chi connectivity index (χ3v) is 5.40. The molecule has 0 radical (unpaired) electrons. The number of halogens is 2. The van der Waals surface area contributed by atoms with Crippen molar-refractivity contribution < 1.29 is 0 Å². The summed E-state index contributed by atoms with van der Waals surface area (Å²) in [5.41, 5.74) is 2.75. The van der Waals surface area contributed by atoms with Crippen LogP contribution < -0.4 is 0 Å². The molecule has 2 rings (SSSR count). The topological polar surface area (TPSA) is 0 Å². The van der Waals surface area contributed by atoms with Crippen LogP contribution in [0, 0.1) is 0 Å². The van der Waals surface area contributed by atoms with E-state index in [0.717, 1.165) is 10.9 Å². The summed E-state index contributed by atoms with van der Waals surface area (Å²) >= 11 is 9.07. The van der Waals surface area contributed by atoms with Gasteiger partial charge in [-0.3, -0.25) is 0 Å². The molecule has 0 aliphatic carbocycles. The summed E-state index contributed by atoms with van der Waals surface area (Å²) in [6.45, 7) is 2.20. The SMILES string of the molecule is CCc1ccsc1C(Br)c1ccc(Br)cc1. The van der Waals surface area contributed by atoms with Gasteiger partial charge < -0.3 is 0 Å². The summed E-state index contributed by atoms with van der Waals surface area (Å²) in [5, 5.41) is 2.17. The largest absolute Gasteiger partial charge is 0.147 e. The molecule has 0 bridgehead atoms. The van der Waals surface area contributed by atoms with Gasteiger partial charge in [0.1, 0.15) is 0 Å². The number of benzene rings is 1. The standard InChI is InChI=1S/C13H12Br2S/c1-2-9-7-8-16-13(9)12(15)10-3-5-11(14)6-4-10/h3-8,12H,2H2,1H3. The molecule has 0 fully saturated rings. The fraction of sp³-hybridized carbons (Fsp3) is 0.231. The van der Waals surface area contributed by atoms with Crippen LogP contribution in [0.3, 0.4) is 0 Å². The van der Waals surface area contributed by atoms with Gasteiger partial charge in [0.2, 0.25) is 0 Å². The fourth-order valence-corrected chi connectivity index (χ4v) is 3.83. The average Bonchev–Trinajstić information content (AvgIpc) is 2.77. The predicted molar refractivity (Wildman–Crippen MR) is 78.6 cm³/mol. The molecule has 0 nitrogen and oxygen atoms in total. The number of thiophene rings is 1. The molecule has 0 amide bonds.